The molecular weight excluding hydrogens is 1780 g/mol. The molecule has 714 valence electrons. The number of nitrogen functional groups attached to an aromatic ring is 6. The molecular formula is C78H111N27O23S3. The summed E-state index contributed by atoms with van der Waals surface area (Å²) in [6.07, 6.45) is 15.0. The van der Waals surface area contributed by atoms with E-state index in [-0.39, 0.29) is 153 Å². The first kappa shape index (κ1) is 101. The average Bonchev–Trinajstić information content (AvgIpc) is 1.75. The van der Waals surface area contributed by atoms with E-state index >= 15 is 0 Å². The van der Waals surface area contributed by atoms with E-state index in [4.69, 9.17) is 103 Å². The van der Waals surface area contributed by atoms with Crippen LogP contribution in [0.5, 0.6) is 0 Å². The Balaban J connectivity index is 0.000000145. The fourth-order valence-corrected chi connectivity index (χ4v) is 16.9. The van der Waals surface area contributed by atoms with Crippen molar-refractivity contribution in [1.29, 1.82) is 0 Å². The topological polar surface area (TPSA) is 706 Å². The lowest BCUT2D eigenvalue weighted by Crippen LogP contribution is -2.65. The number of fused-ring (bicyclic) bond motifs is 2. The van der Waals surface area contributed by atoms with Crippen LogP contribution in [0.1, 0.15) is 132 Å². The number of hydrogen-bond donors (Lipinski definition) is 15. The summed E-state index contributed by atoms with van der Waals surface area (Å²) in [6, 6.07) is 4.11. The Hall–Kier alpha value is -10.8. The largest absolute Gasteiger partial charge is 0.394 e. The monoisotopic (exact) mass is 1890 g/mol. The normalized spacial score (nSPS) is 26.8. The summed E-state index contributed by atoms with van der Waals surface area (Å²) in [7, 11) is 3.89. The number of nitrogens with zero attached hydrogens (tertiary/aromatic N) is 20. The molecule has 131 heavy (non-hydrogen) atoms. The minimum absolute atomic E-state index is 0.0202. The molecule has 8 aliphatic heterocycles. The number of aromatic nitrogens is 18. The number of nitrogens with two attached hydrogens (primary N) is 6. The van der Waals surface area contributed by atoms with E-state index in [0.717, 1.165) is 35.6 Å². The number of amides is 3. The highest BCUT2D eigenvalue weighted by Crippen LogP contribution is 2.39. The van der Waals surface area contributed by atoms with E-state index in [9.17, 15) is 43.8 Å². The maximum Gasteiger partial charge on any atom is 0.351 e. The van der Waals surface area contributed by atoms with Gasteiger partial charge in [0.05, 0.1) is 93.9 Å². The van der Waals surface area contributed by atoms with Crippen LogP contribution in [-0.4, -0.2) is 275 Å². The van der Waals surface area contributed by atoms with E-state index < -0.39 is 69.9 Å². The number of imidazole rings is 2. The minimum Gasteiger partial charge on any atom is -0.394 e. The smallest absolute Gasteiger partial charge is 0.351 e. The SMILES string of the molecule is CC1CC(N2C(=O)NC(=O)C(C)(C)C2C)OC1CO.Cc1cn(C2CSC(O)O2)c(=O)nc1N.Cc1cn(C2CSC(O)O2)c(=O)nc1N.Cc1nc(N(C)C)c2ncn(C3C=CC(O)C3)c2n1.Cc1nc(N)nc2c1ncn2C1COC(CO)O1.Nc1ccn(C2CCC(CO)O2)c(=O)n1.Nc1ccn(C2CCC(CO)O2)c(=O)n1.Nc1ccn(C2CSC(CO)O2)c(=O)n1. The molecule has 50 nitrogen and oxygen atoms in total. The first-order valence-electron chi connectivity index (χ1n) is 41.4. The third kappa shape index (κ3) is 25.1. The van der Waals surface area contributed by atoms with Gasteiger partial charge in [-0.25, -0.2) is 53.7 Å². The summed E-state index contributed by atoms with van der Waals surface area (Å²) in [6.45, 7) is 14.7. The van der Waals surface area contributed by atoms with Gasteiger partial charge in [-0.2, -0.15) is 29.9 Å². The van der Waals surface area contributed by atoms with E-state index in [1.807, 2.05) is 77.3 Å². The number of rotatable bonds is 14. The number of carbonyl (C=O) groups excluding carboxylic acids is 2. The highest BCUT2D eigenvalue weighted by Gasteiger charge is 2.50. The van der Waals surface area contributed by atoms with E-state index in [0.29, 0.717) is 77.5 Å². The molecule has 0 saturated carbocycles. The van der Waals surface area contributed by atoms with E-state index in [2.05, 4.69) is 60.1 Å². The molecule has 18 atom stereocenters. The molecule has 21 N–H and O–H groups in total. The number of aliphatic hydroxyl groups is 8. The van der Waals surface area contributed by atoms with Gasteiger partial charge in [0.25, 0.3) is 0 Å². The van der Waals surface area contributed by atoms with Crippen LogP contribution in [0.2, 0.25) is 0 Å². The Morgan fingerprint density at radius 1 is 0.504 bits per heavy atom. The molecule has 9 aliphatic rings. The molecule has 0 aromatic carbocycles. The van der Waals surface area contributed by atoms with Crippen molar-refractivity contribution in [3.63, 3.8) is 0 Å². The lowest BCUT2D eigenvalue weighted by atomic mass is 9.81. The summed E-state index contributed by atoms with van der Waals surface area (Å²) in [5.41, 5.74) is 32.9. The zero-order valence-electron chi connectivity index (χ0n) is 73.3. The van der Waals surface area contributed by atoms with Gasteiger partial charge in [0.2, 0.25) is 23.1 Å². The van der Waals surface area contributed by atoms with Crippen LogP contribution in [0.4, 0.5) is 45.7 Å². The molecule has 17 heterocycles. The van der Waals surface area contributed by atoms with Gasteiger partial charge < -0.3 is 123 Å². The Kier molecular flexibility index (Phi) is 34.7. The van der Waals surface area contributed by atoms with Gasteiger partial charge in [-0.3, -0.25) is 42.4 Å². The van der Waals surface area contributed by atoms with E-state index in [1.165, 1.54) is 58.1 Å². The van der Waals surface area contributed by atoms with Crippen molar-refractivity contribution in [2.75, 3.05) is 110 Å². The quantitative estimate of drug-likeness (QED) is 0.0586. The van der Waals surface area contributed by atoms with Crippen molar-refractivity contribution in [3.05, 3.63) is 149 Å². The molecule has 9 aromatic rings. The summed E-state index contributed by atoms with van der Waals surface area (Å²) in [5, 5.41) is 75.2. The van der Waals surface area contributed by atoms with Crippen molar-refractivity contribution in [1.82, 2.24) is 97.0 Å². The first-order valence-corrected chi connectivity index (χ1v) is 44.5. The van der Waals surface area contributed by atoms with Crippen molar-refractivity contribution in [2.45, 2.75) is 197 Å². The maximum atomic E-state index is 12.0. The summed E-state index contributed by atoms with van der Waals surface area (Å²) in [5.74, 6) is 4.38. The first-order chi connectivity index (χ1) is 62.3. The number of aliphatic hydroxyl groups excluding tert-OH is 8. The molecule has 8 fully saturated rings. The van der Waals surface area contributed by atoms with Crippen molar-refractivity contribution in [3.8, 4) is 0 Å². The summed E-state index contributed by atoms with van der Waals surface area (Å²) in [4.78, 5) is 129. The fraction of sp³-hybridized carbons (Fsp3) is 0.564. The van der Waals surface area contributed by atoms with Crippen molar-refractivity contribution < 1.29 is 88.3 Å². The highest BCUT2D eigenvalue weighted by molar-refractivity contribution is 8.00. The Morgan fingerprint density at radius 3 is 1.44 bits per heavy atom. The lowest BCUT2D eigenvalue weighted by Gasteiger charge is -2.45. The molecule has 0 bridgehead atoms. The van der Waals surface area contributed by atoms with Crippen LogP contribution in [-0.2, 0) is 42.7 Å². The average molecular weight is 1890 g/mol. The predicted molar refractivity (Wildman–Crippen MR) is 478 cm³/mol. The number of hydrogen-bond acceptors (Lipinski definition) is 44. The Labute approximate surface area is 759 Å². The standard InChI is InChI=1S/C13H17N5O.C13H22N2O4.C10H13N5O3.2C9H13N3O3.3C8H11N3O3S/c1-8-15-12(17(2)3)11-13(16-8)18(7-14-11)9-4-5-10(19)6-9;1-7-5-10(19-9(7)6-16)15-8(2)13(3,4)11(17)14-12(15)18;1-5-8-9(14-10(11)13-5)15(4-12-8)6-3-17-7(2-16)18-6;2*10-7-3-4-12(9(14)11-7)8-2-1-6(5-13)15-8;2*1-4-2-11(7(12)10-6(4)9)5-3-15-8(13)14-5;9-5-1-2-11(8(13)10-5)6-4-15-7(3-12)14-6/h4-5,7,9-10,19H,6H2,1-3H3;7-10,16H,5-6H2,1-4H3,(H,14,17,18);4,6-7,16H,2-3H2,1H3,(H2,11,13,14);2*3-4,6,8,13H,1-2,5H2,(H2,10,11,14);2*2,5,8,13H,3H2,1H3,(H2,9,10,12);1-2,6-7,12H,3-4H2,(H2,9,10,13). The van der Waals surface area contributed by atoms with Crippen LogP contribution in [0.3, 0.4) is 0 Å². The molecule has 9 aromatic heterocycles. The Bertz CT molecular complexity index is 5500. The van der Waals surface area contributed by atoms with Crippen LogP contribution >= 0.6 is 35.3 Å². The van der Waals surface area contributed by atoms with Gasteiger partial charge in [0.1, 0.15) is 70.8 Å². The second kappa shape index (κ2) is 45.1. The lowest BCUT2D eigenvalue weighted by molar-refractivity contribution is -0.140. The number of thioether (sulfide) groups is 3. The van der Waals surface area contributed by atoms with Gasteiger partial charge >= 0.3 is 34.5 Å². The van der Waals surface area contributed by atoms with Crippen molar-refractivity contribution >= 4 is 110 Å². The molecule has 18 rings (SSSR count). The number of ether oxygens (including phenoxy) is 8. The highest BCUT2D eigenvalue weighted by atomic mass is 32.2. The second-order valence-electron chi connectivity index (χ2n) is 31.8. The van der Waals surface area contributed by atoms with Crippen LogP contribution in [0.15, 0.2) is 98.0 Å². The number of imide groups is 1. The molecule has 3 amide bonds. The zero-order chi connectivity index (χ0) is 95.1. The van der Waals surface area contributed by atoms with Gasteiger partial charge in [-0.1, -0.05) is 42.6 Å². The van der Waals surface area contributed by atoms with Crippen molar-refractivity contribution in [2.24, 2.45) is 11.3 Å². The van der Waals surface area contributed by atoms with E-state index in [1.54, 1.807) is 85.2 Å². The number of carbonyl (C=O) groups is 2. The number of urea groups is 1. The number of anilines is 7. The molecule has 53 heteroatoms. The van der Waals surface area contributed by atoms with Gasteiger partial charge in [0.15, 0.2) is 47.6 Å². The molecule has 0 radical (unpaired) electrons. The molecule has 8 saturated heterocycles. The maximum absolute atomic E-state index is 12.0. The molecule has 1 aliphatic carbocycles. The third-order valence-corrected chi connectivity index (χ3v) is 24.8. The number of nitrogens with one attached hydrogen (secondary N) is 1. The second-order valence-corrected chi connectivity index (χ2v) is 35.1. The Morgan fingerprint density at radius 2 is 1.00 bits per heavy atom. The molecule has 18 unspecified atom stereocenters. The number of aryl methyl sites for hydroxylation is 4. The zero-order valence-corrected chi connectivity index (χ0v) is 75.7. The molecule has 0 spiro atoms. The van der Waals surface area contributed by atoms with Gasteiger partial charge in [-0.15, -0.1) is 11.8 Å². The third-order valence-electron chi connectivity index (χ3n) is 21.9. The summed E-state index contributed by atoms with van der Waals surface area (Å²) >= 11 is 3.93. The fourth-order valence-electron chi connectivity index (χ4n) is 14.4. The minimum atomic E-state index is -0.875. The number of allylic oxidation sites excluding steroid dienone is 1. The van der Waals surface area contributed by atoms with Gasteiger partial charge in [-0.05, 0) is 105 Å². The van der Waals surface area contributed by atoms with Crippen LogP contribution in [0.25, 0.3) is 22.3 Å². The van der Waals surface area contributed by atoms with Crippen LogP contribution < -0.4 is 73.1 Å². The summed E-state index contributed by atoms with van der Waals surface area (Å²) < 4.78 is 53.6. The predicted octanol–water partition coefficient (Wildman–Crippen LogP) is -0.920. The van der Waals surface area contributed by atoms with Crippen LogP contribution in [0, 0.1) is 39.0 Å². The van der Waals surface area contributed by atoms with Gasteiger partial charge in [0, 0.05) is 85.9 Å².